The van der Waals surface area contributed by atoms with Crippen LogP contribution in [0.4, 0.5) is 0 Å². The molecule has 2 aromatic rings. The summed E-state index contributed by atoms with van der Waals surface area (Å²) in [5, 5.41) is 18.8. The van der Waals surface area contributed by atoms with Gasteiger partial charge >= 0.3 is 0 Å². The second-order valence-corrected chi connectivity index (χ2v) is 4.26. The predicted octanol–water partition coefficient (Wildman–Crippen LogP) is 0.677. The van der Waals surface area contributed by atoms with E-state index in [9.17, 15) is 5.11 Å². The Morgan fingerprint density at radius 3 is 3.00 bits per heavy atom. The molecule has 1 aliphatic heterocycles. The summed E-state index contributed by atoms with van der Waals surface area (Å²) in [6, 6.07) is 7.76. The highest BCUT2D eigenvalue weighted by atomic mass is 16.5. The summed E-state index contributed by atoms with van der Waals surface area (Å²) >= 11 is 0. The van der Waals surface area contributed by atoms with Gasteiger partial charge in [-0.25, -0.2) is 4.98 Å². The van der Waals surface area contributed by atoms with Crippen molar-refractivity contribution in [2.75, 3.05) is 6.61 Å². The van der Waals surface area contributed by atoms with E-state index in [4.69, 9.17) is 9.84 Å². The molecule has 2 heterocycles. The number of hydrogen-bond donors (Lipinski definition) is 2. The standard InChI is InChI=1S/C12H14N2O3/c15-6-11-10(16)5-12(17-11)14-7-13-8-3-1-2-4-9(8)14/h1-4,7,10-12,15-16H,5-6H2/t10-,11-,12-/m0/s1. The van der Waals surface area contributed by atoms with Gasteiger partial charge in [-0.15, -0.1) is 0 Å². The molecule has 3 rings (SSSR count). The Morgan fingerprint density at radius 1 is 1.41 bits per heavy atom. The van der Waals surface area contributed by atoms with Crippen LogP contribution in [-0.2, 0) is 4.74 Å². The lowest BCUT2D eigenvalue weighted by Gasteiger charge is -2.13. The van der Waals surface area contributed by atoms with Crippen LogP contribution < -0.4 is 0 Å². The summed E-state index contributed by atoms with van der Waals surface area (Å²) in [7, 11) is 0. The van der Waals surface area contributed by atoms with Crippen LogP contribution in [-0.4, -0.2) is 38.6 Å². The van der Waals surface area contributed by atoms with Gasteiger partial charge in [0.25, 0.3) is 0 Å². The quantitative estimate of drug-likeness (QED) is 0.801. The minimum Gasteiger partial charge on any atom is -0.394 e. The highest BCUT2D eigenvalue weighted by molar-refractivity contribution is 5.75. The zero-order chi connectivity index (χ0) is 11.8. The lowest BCUT2D eigenvalue weighted by atomic mass is 10.2. The maximum absolute atomic E-state index is 9.71. The van der Waals surface area contributed by atoms with Crippen molar-refractivity contribution in [3.63, 3.8) is 0 Å². The average molecular weight is 234 g/mol. The van der Waals surface area contributed by atoms with Crippen molar-refractivity contribution < 1.29 is 14.9 Å². The minimum absolute atomic E-state index is 0.162. The van der Waals surface area contributed by atoms with Crippen LogP contribution >= 0.6 is 0 Å². The number of aromatic nitrogens is 2. The van der Waals surface area contributed by atoms with Crippen LogP contribution in [0.5, 0.6) is 0 Å². The van der Waals surface area contributed by atoms with Gasteiger partial charge in [0, 0.05) is 6.42 Å². The van der Waals surface area contributed by atoms with E-state index in [2.05, 4.69) is 4.98 Å². The first kappa shape index (κ1) is 10.7. The van der Waals surface area contributed by atoms with E-state index in [1.807, 2.05) is 28.8 Å². The Balaban J connectivity index is 1.95. The number of nitrogens with zero attached hydrogens (tertiary/aromatic N) is 2. The molecule has 17 heavy (non-hydrogen) atoms. The first-order valence-electron chi connectivity index (χ1n) is 5.65. The normalized spacial score (nSPS) is 28.9. The highest BCUT2D eigenvalue weighted by Crippen LogP contribution is 2.30. The van der Waals surface area contributed by atoms with Crippen LogP contribution in [0.15, 0.2) is 30.6 Å². The maximum Gasteiger partial charge on any atom is 0.138 e. The molecule has 0 unspecified atom stereocenters. The van der Waals surface area contributed by atoms with Gasteiger partial charge in [0.05, 0.1) is 30.1 Å². The van der Waals surface area contributed by atoms with Crippen molar-refractivity contribution in [3.05, 3.63) is 30.6 Å². The van der Waals surface area contributed by atoms with Crippen LogP contribution in [0.25, 0.3) is 11.0 Å². The molecular weight excluding hydrogens is 220 g/mol. The molecule has 5 nitrogen and oxygen atoms in total. The number of fused-ring (bicyclic) bond motifs is 1. The molecular formula is C12H14N2O3. The van der Waals surface area contributed by atoms with E-state index < -0.39 is 12.2 Å². The number of benzene rings is 1. The van der Waals surface area contributed by atoms with Gasteiger partial charge in [-0.3, -0.25) is 0 Å². The third-order valence-electron chi connectivity index (χ3n) is 3.18. The summed E-state index contributed by atoms with van der Waals surface area (Å²) < 4.78 is 7.50. The fourth-order valence-corrected chi connectivity index (χ4v) is 2.26. The van der Waals surface area contributed by atoms with Gasteiger partial charge in [-0.05, 0) is 12.1 Å². The fraction of sp³-hybridized carbons (Fsp3) is 0.417. The summed E-state index contributed by atoms with van der Waals surface area (Å²) in [5.74, 6) is 0. The molecule has 5 heteroatoms. The third-order valence-corrected chi connectivity index (χ3v) is 3.18. The first-order valence-corrected chi connectivity index (χ1v) is 5.65. The molecule has 1 aromatic carbocycles. The molecule has 0 amide bonds. The second-order valence-electron chi connectivity index (χ2n) is 4.26. The smallest absolute Gasteiger partial charge is 0.138 e. The Kier molecular flexibility index (Phi) is 2.58. The number of aliphatic hydroxyl groups excluding tert-OH is 2. The summed E-state index contributed by atoms with van der Waals surface area (Å²) in [4.78, 5) is 4.28. The van der Waals surface area contributed by atoms with Crippen molar-refractivity contribution in [1.82, 2.24) is 9.55 Å². The van der Waals surface area contributed by atoms with Crippen LogP contribution in [0.1, 0.15) is 12.6 Å². The van der Waals surface area contributed by atoms with Crippen molar-refractivity contribution in [1.29, 1.82) is 0 Å². The van der Waals surface area contributed by atoms with Gasteiger partial charge in [-0.1, -0.05) is 12.1 Å². The van der Waals surface area contributed by atoms with Crippen LogP contribution in [0, 0.1) is 0 Å². The van der Waals surface area contributed by atoms with Gasteiger partial charge in [0.1, 0.15) is 12.3 Å². The topological polar surface area (TPSA) is 67.5 Å². The van der Waals surface area contributed by atoms with E-state index in [1.165, 1.54) is 0 Å². The van der Waals surface area contributed by atoms with Crippen molar-refractivity contribution in [3.8, 4) is 0 Å². The molecule has 1 fully saturated rings. The average Bonchev–Trinajstić information content (AvgIpc) is 2.92. The third kappa shape index (κ3) is 1.72. The highest BCUT2D eigenvalue weighted by Gasteiger charge is 2.34. The number of imidazole rings is 1. The molecule has 0 bridgehead atoms. The Morgan fingerprint density at radius 2 is 2.24 bits per heavy atom. The number of ether oxygens (including phenoxy) is 1. The van der Waals surface area contributed by atoms with E-state index >= 15 is 0 Å². The zero-order valence-electron chi connectivity index (χ0n) is 9.23. The molecule has 0 radical (unpaired) electrons. The van der Waals surface area contributed by atoms with Gasteiger partial charge in [0.2, 0.25) is 0 Å². The summed E-state index contributed by atoms with van der Waals surface area (Å²) in [6.07, 6.45) is 0.815. The SMILES string of the molecule is OC[C@@H]1O[C@H](n2cnc3ccccc32)C[C@@H]1O. The molecule has 1 saturated heterocycles. The second kappa shape index (κ2) is 4.10. The number of rotatable bonds is 2. The Hall–Kier alpha value is -1.43. The Labute approximate surface area is 98.3 Å². The molecule has 0 aliphatic carbocycles. The molecule has 2 N–H and O–H groups in total. The number of hydrogen-bond acceptors (Lipinski definition) is 4. The molecule has 3 atom stereocenters. The fourth-order valence-electron chi connectivity index (χ4n) is 2.26. The summed E-state index contributed by atoms with van der Waals surface area (Å²) in [6.45, 7) is -0.162. The van der Waals surface area contributed by atoms with Gasteiger partial charge < -0.3 is 19.5 Å². The van der Waals surface area contributed by atoms with E-state index in [0.29, 0.717) is 6.42 Å². The molecule has 1 aliphatic rings. The molecule has 90 valence electrons. The molecule has 1 aromatic heterocycles. The van der Waals surface area contributed by atoms with Crippen LogP contribution in [0.2, 0.25) is 0 Å². The van der Waals surface area contributed by atoms with Crippen LogP contribution in [0.3, 0.4) is 0 Å². The lowest BCUT2D eigenvalue weighted by molar-refractivity contribution is -0.0430. The van der Waals surface area contributed by atoms with E-state index in [1.54, 1.807) is 6.33 Å². The van der Waals surface area contributed by atoms with E-state index in [0.717, 1.165) is 11.0 Å². The van der Waals surface area contributed by atoms with Gasteiger partial charge in [-0.2, -0.15) is 0 Å². The van der Waals surface area contributed by atoms with Crippen molar-refractivity contribution in [2.45, 2.75) is 24.9 Å². The Bertz CT molecular complexity index is 525. The zero-order valence-corrected chi connectivity index (χ0v) is 9.23. The predicted molar refractivity (Wildman–Crippen MR) is 61.4 cm³/mol. The summed E-state index contributed by atoms with van der Waals surface area (Å²) in [5.41, 5.74) is 1.88. The van der Waals surface area contributed by atoms with Crippen molar-refractivity contribution >= 4 is 11.0 Å². The van der Waals surface area contributed by atoms with Gasteiger partial charge in [0.15, 0.2) is 0 Å². The molecule has 0 saturated carbocycles. The number of aliphatic hydroxyl groups is 2. The number of para-hydroxylation sites is 2. The maximum atomic E-state index is 9.71. The molecule has 0 spiro atoms. The first-order chi connectivity index (χ1) is 8.29. The lowest BCUT2D eigenvalue weighted by Crippen LogP contribution is -2.24. The minimum atomic E-state index is -0.619. The largest absolute Gasteiger partial charge is 0.394 e. The monoisotopic (exact) mass is 234 g/mol. The van der Waals surface area contributed by atoms with E-state index in [-0.39, 0.29) is 12.8 Å². The van der Waals surface area contributed by atoms with Crippen molar-refractivity contribution in [2.24, 2.45) is 0 Å².